The summed E-state index contributed by atoms with van der Waals surface area (Å²) < 4.78 is 7.15. The quantitative estimate of drug-likeness (QED) is 0.659. The Kier molecular flexibility index (Phi) is 3.86. The predicted octanol–water partition coefficient (Wildman–Crippen LogP) is 3.63. The second-order valence-corrected chi connectivity index (χ2v) is 3.82. The van der Waals surface area contributed by atoms with Crippen LogP contribution in [0.2, 0.25) is 0 Å². The van der Waals surface area contributed by atoms with E-state index < -0.39 is 0 Å². The van der Waals surface area contributed by atoms with Crippen molar-refractivity contribution in [2.75, 3.05) is 7.11 Å². The Morgan fingerprint density at radius 1 is 1.06 bits per heavy atom. The topological polar surface area (TPSA) is 26.5 Å². The van der Waals surface area contributed by atoms with Gasteiger partial charge < -0.3 is 9.14 Å². The first kappa shape index (κ1) is 12.9. The molecule has 0 aliphatic rings. The summed E-state index contributed by atoms with van der Waals surface area (Å²) >= 11 is 0. The first-order valence-electron chi connectivity index (χ1n) is 5.45. The average Bonchev–Trinajstić information content (AvgIpc) is 2.82. The minimum Gasteiger partial charge on any atom is -0.497 e. The highest BCUT2D eigenvalue weighted by atomic mass is 127. The van der Waals surface area contributed by atoms with Crippen LogP contribution in [0, 0.1) is 0 Å². The molecule has 0 radical (unpaired) electrons. The van der Waals surface area contributed by atoms with Crippen molar-refractivity contribution in [2.45, 2.75) is 0 Å². The van der Waals surface area contributed by atoms with E-state index in [9.17, 15) is 0 Å². The number of rotatable bonds is 2. The van der Waals surface area contributed by atoms with Gasteiger partial charge in [-0.2, -0.15) is 0 Å². The molecule has 2 heterocycles. The van der Waals surface area contributed by atoms with Crippen LogP contribution in [-0.4, -0.2) is 16.5 Å². The van der Waals surface area contributed by atoms with Crippen molar-refractivity contribution < 1.29 is 4.74 Å². The molecule has 92 valence electrons. The van der Waals surface area contributed by atoms with Crippen molar-refractivity contribution in [3.63, 3.8) is 0 Å². The second kappa shape index (κ2) is 5.39. The predicted molar refractivity (Wildman–Crippen MR) is 82.6 cm³/mol. The van der Waals surface area contributed by atoms with E-state index >= 15 is 0 Å². The highest BCUT2D eigenvalue weighted by Crippen LogP contribution is 2.21. The van der Waals surface area contributed by atoms with Gasteiger partial charge >= 0.3 is 0 Å². The molecule has 0 bridgehead atoms. The summed E-state index contributed by atoms with van der Waals surface area (Å²) in [4.78, 5) is 4.56. The van der Waals surface area contributed by atoms with E-state index in [0.29, 0.717) is 0 Å². The van der Waals surface area contributed by atoms with Crippen LogP contribution in [-0.2, 0) is 0 Å². The smallest absolute Gasteiger partial charge is 0.137 e. The monoisotopic (exact) mass is 352 g/mol. The van der Waals surface area contributed by atoms with Gasteiger partial charge in [0.1, 0.15) is 11.4 Å². The summed E-state index contributed by atoms with van der Waals surface area (Å²) in [6.07, 6.45) is 4.02. The summed E-state index contributed by atoms with van der Waals surface area (Å²) in [6, 6.07) is 13.9. The third kappa shape index (κ3) is 2.33. The number of fused-ring (bicyclic) bond motifs is 1. The number of aromatic nitrogens is 2. The van der Waals surface area contributed by atoms with Gasteiger partial charge in [-0.15, -0.1) is 24.0 Å². The molecule has 0 unspecified atom stereocenters. The lowest BCUT2D eigenvalue weighted by molar-refractivity contribution is 0.415. The number of methoxy groups -OCH3 is 1. The number of pyridine rings is 1. The molecule has 4 heteroatoms. The molecule has 3 nitrogen and oxygen atoms in total. The van der Waals surface area contributed by atoms with E-state index in [1.54, 1.807) is 7.11 Å². The van der Waals surface area contributed by atoms with Crippen LogP contribution in [0.4, 0.5) is 0 Å². The molecule has 2 aromatic heterocycles. The maximum Gasteiger partial charge on any atom is 0.137 e. The normalized spacial score (nSPS) is 10.1. The Morgan fingerprint density at radius 3 is 2.50 bits per heavy atom. The standard InChI is InChI=1S/C14H12N2O.HI/c1-17-12-7-5-11(6-8-12)13-10-16-9-3-2-4-14(16)15-13;/h2-10H,1H3;1H. The molecule has 0 amide bonds. The molecule has 0 N–H and O–H groups in total. The second-order valence-electron chi connectivity index (χ2n) is 3.82. The Labute approximate surface area is 122 Å². The van der Waals surface area contributed by atoms with E-state index in [1.165, 1.54) is 0 Å². The van der Waals surface area contributed by atoms with Gasteiger partial charge in [-0.3, -0.25) is 0 Å². The number of nitrogens with zero attached hydrogens (tertiary/aromatic N) is 2. The Morgan fingerprint density at radius 2 is 1.83 bits per heavy atom. The van der Waals surface area contributed by atoms with Crippen molar-refractivity contribution in [3.8, 4) is 17.0 Å². The number of benzene rings is 1. The molecular weight excluding hydrogens is 339 g/mol. The highest BCUT2D eigenvalue weighted by molar-refractivity contribution is 14.0. The molecule has 0 fully saturated rings. The number of ether oxygens (including phenoxy) is 1. The van der Waals surface area contributed by atoms with Crippen molar-refractivity contribution in [1.82, 2.24) is 9.38 Å². The lowest BCUT2D eigenvalue weighted by Crippen LogP contribution is -1.82. The summed E-state index contributed by atoms with van der Waals surface area (Å²) in [7, 11) is 1.67. The van der Waals surface area contributed by atoms with Crippen LogP contribution < -0.4 is 4.74 Å². The fourth-order valence-corrected chi connectivity index (χ4v) is 1.84. The minimum atomic E-state index is 0. The Balaban J connectivity index is 0.00000120. The Bertz CT molecular complexity index is 613. The average molecular weight is 352 g/mol. The number of halogens is 1. The van der Waals surface area contributed by atoms with Gasteiger partial charge in [0, 0.05) is 18.0 Å². The fraction of sp³-hybridized carbons (Fsp3) is 0.0714. The van der Waals surface area contributed by atoms with Gasteiger partial charge in [-0.25, -0.2) is 4.98 Å². The molecule has 0 saturated carbocycles. The van der Waals surface area contributed by atoms with Crippen molar-refractivity contribution in [3.05, 3.63) is 54.9 Å². The van der Waals surface area contributed by atoms with E-state index in [0.717, 1.165) is 22.7 Å². The summed E-state index contributed by atoms with van der Waals surface area (Å²) in [5, 5.41) is 0. The summed E-state index contributed by atoms with van der Waals surface area (Å²) in [6.45, 7) is 0. The van der Waals surface area contributed by atoms with Crippen molar-refractivity contribution >= 4 is 29.6 Å². The third-order valence-electron chi connectivity index (χ3n) is 2.75. The zero-order valence-corrected chi connectivity index (χ0v) is 12.2. The molecule has 0 aliphatic carbocycles. The molecule has 3 aromatic rings. The van der Waals surface area contributed by atoms with Crippen LogP contribution in [0.15, 0.2) is 54.9 Å². The molecule has 0 spiro atoms. The zero-order chi connectivity index (χ0) is 11.7. The molecule has 18 heavy (non-hydrogen) atoms. The van der Waals surface area contributed by atoms with Gasteiger partial charge in [0.05, 0.1) is 12.8 Å². The van der Waals surface area contributed by atoms with E-state index in [1.807, 2.05) is 59.3 Å². The van der Waals surface area contributed by atoms with Crippen molar-refractivity contribution in [1.29, 1.82) is 0 Å². The van der Waals surface area contributed by atoms with Crippen LogP contribution >= 0.6 is 24.0 Å². The van der Waals surface area contributed by atoms with E-state index in [2.05, 4.69) is 4.98 Å². The molecule has 0 saturated heterocycles. The maximum atomic E-state index is 5.14. The molecule has 0 aliphatic heterocycles. The lowest BCUT2D eigenvalue weighted by Gasteiger charge is -1.99. The Hall–Kier alpha value is -1.56. The molecule has 3 rings (SSSR count). The number of imidazole rings is 1. The first-order chi connectivity index (χ1) is 8.36. The van der Waals surface area contributed by atoms with Crippen LogP contribution in [0.3, 0.4) is 0 Å². The lowest BCUT2D eigenvalue weighted by atomic mass is 10.2. The highest BCUT2D eigenvalue weighted by Gasteiger charge is 2.03. The van der Waals surface area contributed by atoms with Crippen LogP contribution in [0.1, 0.15) is 0 Å². The van der Waals surface area contributed by atoms with Gasteiger partial charge in [0.25, 0.3) is 0 Å². The molecule has 0 atom stereocenters. The van der Waals surface area contributed by atoms with Crippen molar-refractivity contribution in [2.24, 2.45) is 0 Å². The summed E-state index contributed by atoms with van der Waals surface area (Å²) in [5.74, 6) is 0.859. The van der Waals surface area contributed by atoms with Gasteiger partial charge in [-0.1, -0.05) is 6.07 Å². The van der Waals surface area contributed by atoms with Gasteiger partial charge in [0.2, 0.25) is 0 Å². The SMILES string of the molecule is COc1ccc(-c2cn3ccccc3n2)cc1.I. The molecular formula is C14H13IN2O. The van der Waals surface area contributed by atoms with E-state index in [4.69, 9.17) is 4.74 Å². The van der Waals surface area contributed by atoms with Crippen LogP contribution in [0.5, 0.6) is 5.75 Å². The fourth-order valence-electron chi connectivity index (χ4n) is 1.84. The van der Waals surface area contributed by atoms with E-state index in [-0.39, 0.29) is 24.0 Å². The minimum absolute atomic E-state index is 0. The first-order valence-corrected chi connectivity index (χ1v) is 5.45. The van der Waals surface area contributed by atoms with Gasteiger partial charge in [-0.05, 0) is 36.4 Å². The largest absolute Gasteiger partial charge is 0.497 e. The molecule has 1 aromatic carbocycles. The van der Waals surface area contributed by atoms with Crippen LogP contribution in [0.25, 0.3) is 16.9 Å². The number of hydrogen-bond donors (Lipinski definition) is 0. The summed E-state index contributed by atoms with van der Waals surface area (Å²) in [5.41, 5.74) is 3.02. The zero-order valence-electron chi connectivity index (χ0n) is 9.91. The number of hydrogen-bond acceptors (Lipinski definition) is 2. The third-order valence-corrected chi connectivity index (χ3v) is 2.75. The van der Waals surface area contributed by atoms with Gasteiger partial charge in [0.15, 0.2) is 0 Å². The maximum absolute atomic E-state index is 5.14.